The summed E-state index contributed by atoms with van der Waals surface area (Å²) in [5, 5.41) is 3.32. The number of ether oxygens (including phenoxy) is 1. The molecule has 0 spiro atoms. The van der Waals surface area contributed by atoms with E-state index in [1.807, 2.05) is 32.9 Å². The third-order valence-corrected chi connectivity index (χ3v) is 6.62. The van der Waals surface area contributed by atoms with Crippen LogP contribution < -0.4 is 10.1 Å². The molecule has 0 aliphatic heterocycles. The molecule has 0 heterocycles. The number of sulfonamides is 1. The molecule has 0 aliphatic carbocycles. The molecule has 0 aliphatic rings. The molecular weight excluding hydrogens is 367 g/mol. The minimum atomic E-state index is -3.45. The first-order valence-electron chi connectivity index (χ1n) is 8.99. The monoisotopic (exact) mass is 394 g/mol. The zero-order chi connectivity index (χ0) is 20.0. The highest BCUT2D eigenvalue weighted by Crippen LogP contribution is 2.21. The van der Waals surface area contributed by atoms with Gasteiger partial charge in [-0.25, -0.2) is 12.8 Å². The van der Waals surface area contributed by atoms with E-state index in [0.29, 0.717) is 24.5 Å². The van der Waals surface area contributed by atoms with Gasteiger partial charge in [0.1, 0.15) is 0 Å². The average Bonchev–Trinajstić information content (AvgIpc) is 2.67. The molecule has 0 fully saturated rings. The van der Waals surface area contributed by atoms with E-state index in [-0.39, 0.29) is 11.8 Å². The molecule has 0 radical (unpaired) electrons. The third-order valence-electron chi connectivity index (χ3n) is 4.55. The highest BCUT2D eigenvalue weighted by Gasteiger charge is 2.21. The Bertz CT molecular complexity index is 850. The lowest BCUT2D eigenvalue weighted by molar-refractivity contribution is 0.386. The summed E-state index contributed by atoms with van der Waals surface area (Å²) in [5.41, 5.74) is 1.77. The lowest BCUT2D eigenvalue weighted by atomic mass is 10.1. The van der Waals surface area contributed by atoms with E-state index in [9.17, 15) is 12.8 Å². The number of hydrogen-bond donors (Lipinski definition) is 1. The Labute approximate surface area is 161 Å². The van der Waals surface area contributed by atoms with Crippen molar-refractivity contribution in [3.63, 3.8) is 0 Å². The minimum absolute atomic E-state index is 0.0135. The van der Waals surface area contributed by atoms with Gasteiger partial charge in [-0.3, -0.25) is 0 Å². The number of nitrogens with one attached hydrogen (secondary N) is 1. The van der Waals surface area contributed by atoms with Gasteiger partial charge >= 0.3 is 0 Å². The van der Waals surface area contributed by atoms with Gasteiger partial charge in [0.05, 0.1) is 12.0 Å². The molecule has 0 bridgehead atoms. The molecule has 0 amide bonds. The molecule has 27 heavy (non-hydrogen) atoms. The summed E-state index contributed by atoms with van der Waals surface area (Å²) in [6.45, 7) is 7.00. The van der Waals surface area contributed by atoms with Crippen molar-refractivity contribution in [3.05, 3.63) is 59.4 Å². The van der Waals surface area contributed by atoms with Crippen molar-refractivity contribution in [1.29, 1.82) is 0 Å². The molecule has 5 nitrogen and oxygen atoms in total. The fourth-order valence-corrected chi connectivity index (χ4v) is 4.31. The van der Waals surface area contributed by atoms with E-state index in [4.69, 9.17) is 4.74 Å². The number of benzene rings is 2. The Hall–Kier alpha value is -1.96. The van der Waals surface area contributed by atoms with E-state index in [1.54, 1.807) is 24.3 Å². The highest BCUT2D eigenvalue weighted by molar-refractivity contribution is 7.89. The maximum atomic E-state index is 13.8. The van der Waals surface area contributed by atoms with Crippen LogP contribution in [0.1, 0.15) is 37.9 Å². The van der Waals surface area contributed by atoms with Gasteiger partial charge < -0.3 is 10.1 Å². The van der Waals surface area contributed by atoms with Crippen LogP contribution in [0.4, 0.5) is 4.39 Å². The zero-order valence-corrected chi connectivity index (χ0v) is 17.0. The fraction of sp³-hybridized carbons (Fsp3) is 0.400. The van der Waals surface area contributed by atoms with Crippen molar-refractivity contribution in [3.8, 4) is 5.75 Å². The van der Waals surface area contributed by atoms with E-state index in [0.717, 1.165) is 11.1 Å². The van der Waals surface area contributed by atoms with Crippen molar-refractivity contribution < 1.29 is 17.5 Å². The number of methoxy groups -OCH3 is 1. The molecule has 1 N–H and O–H groups in total. The van der Waals surface area contributed by atoms with Crippen molar-refractivity contribution >= 4 is 10.0 Å². The van der Waals surface area contributed by atoms with Crippen LogP contribution in [0.25, 0.3) is 0 Å². The van der Waals surface area contributed by atoms with Crippen LogP contribution in [0.2, 0.25) is 0 Å². The minimum Gasteiger partial charge on any atom is -0.494 e. The Morgan fingerprint density at radius 3 is 2.26 bits per heavy atom. The van der Waals surface area contributed by atoms with Crippen LogP contribution in [0.15, 0.2) is 47.4 Å². The molecule has 7 heteroatoms. The van der Waals surface area contributed by atoms with Crippen LogP contribution in [0.5, 0.6) is 5.75 Å². The van der Waals surface area contributed by atoms with Crippen LogP contribution in [0, 0.1) is 5.82 Å². The summed E-state index contributed by atoms with van der Waals surface area (Å²) in [6, 6.07) is 11.7. The molecule has 1 unspecified atom stereocenters. The second-order valence-corrected chi connectivity index (χ2v) is 8.17. The number of halogens is 1. The first-order chi connectivity index (χ1) is 12.8. The van der Waals surface area contributed by atoms with Crippen molar-refractivity contribution in [2.75, 3.05) is 20.2 Å². The molecule has 2 aromatic carbocycles. The molecule has 1 atom stereocenters. The second-order valence-electron chi connectivity index (χ2n) is 6.23. The largest absolute Gasteiger partial charge is 0.494 e. The van der Waals surface area contributed by atoms with E-state index in [1.165, 1.54) is 17.5 Å². The molecule has 0 saturated heterocycles. The number of rotatable bonds is 9. The molecule has 2 aromatic rings. The first-order valence-corrected chi connectivity index (χ1v) is 10.4. The lowest BCUT2D eigenvalue weighted by Gasteiger charge is -2.19. The quantitative estimate of drug-likeness (QED) is 0.704. The predicted octanol–water partition coefficient (Wildman–Crippen LogP) is 3.72. The number of hydrogen-bond acceptors (Lipinski definition) is 4. The van der Waals surface area contributed by atoms with Crippen LogP contribution >= 0.6 is 0 Å². The maximum Gasteiger partial charge on any atom is 0.243 e. The summed E-state index contributed by atoms with van der Waals surface area (Å²) in [5.74, 6) is -0.174. The third kappa shape index (κ3) is 5.06. The second kappa shape index (κ2) is 9.30. The van der Waals surface area contributed by atoms with Gasteiger partial charge in [0, 0.05) is 25.7 Å². The number of nitrogens with zero attached hydrogens (tertiary/aromatic N) is 1. The standard InChI is InChI=1S/C20H27FN2O3S/c1-5-23(6-2)27(24,25)18-10-8-17(9-11-18)15(3)22-14-16-7-12-20(26-4)19(21)13-16/h7-13,15,22H,5-6,14H2,1-4H3. The lowest BCUT2D eigenvalue weighted by Crippen LogP contribution is -2.30. The van der Waals surface area contributed by atoms with Crippen LogP contribution in [-0.2, 0) is 16.6 Å². The van der Waals surface area contributed by atoms with E-state index in [2.05, 4.69) is 5.32 Å². The van der Waals surface area contributed by atoms with Crippen molar-refractivity contribution in [2.24, 2.45) is 0 Å². The van der Waals surface area contributed by atoms with Gasteiger partial charge in [0.25, 0.3) is 0 Å². The zero-order valence-electron chi connectivity index (χ0n) is 16.2. The normalized spacial score (nSPS) is 13.0. The Morgan fingerprint density at radius 1 is 1.11 bits per heavy atom. The van der Waals surface area contributed by atoms with Crippen molar-refractivity contribution in [1.82, 2.24) is 9.62 Å². The maximum absolute atomic E-state index is 13.8. The van der Waals surface area contributed by atoms with Gasteiger partial charge in [-0.2, -0.15) is 4.31 Å². The summed E-state index contributed by atoms with van der Waals surface area (Å²) in [6.07, 6.45) is 0. The first kappa shape index (κ1) is 21.3. The topological polar surface area (TPSA) is 58.6 Å². The fourth-order valence-electron chi connectivity index (χ4n) is 2.85. The van der Waals surface area contributed by atoms with Gasteiger partial charge in [0.15, 0.2) is 11.6 Å². The van der Waals surface area contributed by atoms with Crippen LogP contribution in [0.3, 0.4) is 0 Å². The van der Waals surface area contributed by atoms with E-state index >= 15 is 0 Å². The molecular formula is C20H27FN2O3S. The Kier molecular flexibility index (Phi) is 7.35. The Morgan fingerprint density at radius 2 is 1.74 bits per heavy atom. The molecule has 2 rings (SSSR count). The predicted molar refractivity (Wildman–Crippen MR) is 105 cm³/mol. The SMILES string of the molecule is CCN(CC)S(=O)(=O)c1ccc(C(C)NCc2ccc(OC)c(F)c2)cc1. The van der Waals surface area contributed by atoms with Gasteiger partial charge in [0.2, 0.25) is 10.0 Å². The van der Waals surface area contributed by atoms with Crippen molar-refractivity contribution in [2.45, 2.75) is 38.3 Å². The van der Waals surface area contributed by atoms with E-state index < -0.39 is 15.8 Å². The summed E-state index contributed by atoms with van der Waals surface area (Å²) in [4.78, 5) is 0.291. The molecule has 148 valence electrons. The summed E-state index contributed by atoms with van der Waals surface area (Å²) in [7, 11) is -2.02. The molecule has 0 aromatic heterocycles. The molecule has 0 saturated carbocycles. The van der Waals surface area contributed by atoms with Gasteiger partial charge in [-0.1, -0.05) is 32.0 Å². The average molecular weight is 395 g/mol. The smallest absolute Gasteiger partial charge is 0.243 e. The van der Waals surface area contributed by atoms with Crippen LogP contribution in [-0.4, -0.2) is 32.9 Å². The summed E-state index contributed by atoms with van der Waals surface area (Å²) >= 11 is 0. The Balaban J connectivity index is 2.05. The van der Waals surface area contributed by atoms with Gasteiger partial charge in [-0.15, -0.1) is 0 Å². The van der Waals surface area contributed by atoms with Gasteiger partial charge in [-0.05, 0) is 42.3 Å². The summed E-state index contributed by atoms with van der Waals surface area (Å²) < 4.78 is 45.2. The highest BCUT2D eigenvalue weighted by atomic mass is 32.2.